The Balaban J connectivity index is 1.99. The first kappa shape index (κ1) is 11.8. The standard InChI is InChI=1S/C11H15FN4O/c1-2-9(17)5-6-13-11-14-10-4-3-8(12)7-16(10)15-11/h3-4,7,9,17H,2,5-6H2,1H3,(H,13,15). The Morgan fingerprint density at radius 2 is 2.35 bits per heavy atom. The first-order chi connectivity index (χ1) is 8.19. The molecule has 0 fully saturated rings. The number of nitrogens with zero attached hydrogens (tertiary/aromatic N) is 3. The molecule has 2 N–H and O–H groups in total. The zero-order valence-electron chi connectivity index (χ0n) is 9.60. The van der Waals surface area contributed by atoms with Crippen LogP contribution >= 0.6 is 0 Å². The van der Waals surface area contributed by atoms with Gasteiger partial charge in [-0.15, -0.1) is 5.10 Å². The third-order valence-electron chi connectivity index (χ3n) is 2.53. The number of halogens is 1. The van der Waals surface area contributed by atoms with E-state index >= 15 is 0 Å². The summed E-state index contributed by atoms with van der Waals surface area (Å²) in [7, 11) is 0. The minimum Gasteiger partial charge on any atom is -0.393 e. The van der Waals surface area contributed by atoms with Crippen molar-refractivity contribution >= 4 is 11.6 Å². The number of aliphatic hydroxyl groups is 1. The maximum absolute atomic E-state index is 12.9. The molecule has 0 saturated heterocycles. The molecule has 2 aromatic rings. The highest BCUT2D eigenvalue weighted by molar-refractivity contribution is 5.42. The van der Waals surface area contributed by atoms with Gasteiger partial charge in [-0.2, -0.15) is 4.98 Å². The highest BCUT2D eigenvalue weighted by Crippen LogP contribution is 2.07. The van der Waals surface area contributed by atoms with Gasteiger partial charge in [-0.05, 0) is 25.0 Å². The van der Waals surface area contributed by atoms with E-state index in [1.165, 1.54) is 16.8 Å². The van der Waals surface area contributed by atoms with Gasteiger partial charge >= 0.3 is 0 Å². The highest BCUT2D eigenvalue weighted by Gasteiger charge is 2.05. The molecule has 0 aliphatic heterocycles. The monoisotopic (exact) mass is 238 g/mol. The topological polar surface area (TPSA) is 62.5 Å². The van der Waals surface area contributed by atoms with Crippen LogP contribution in [0.3, 0.4) is 0 Å². The van der Waals surface area contributed by atoms with Gasteiger partial charge in [0, 0.05) is 6.54 Å². The highest BCUT2D eigenvalue weighted by atomic mass is 19.1. The number of aromatic nitrogens is 3. The first-order valence-corrected chi connectivity index (χ1v) is 5.63. The summed E-state index contributed by atoms with van der Waals surface area (Å²) in [5.74, 6) is 0.0919. The zero-order valence-corrected chi connectivity index (χ0v) is 9.60. The van der Waals surface area contributed by atoms with Crippen molar-refractivity contribution < 1.29 is 9.50 Å². The minimum absolute atomic E-state index is 0.308. The molecular formula is C11H15FN4O. The molecule has 1 unspecified atom stereocenters. The van der Waals surface area contributed by atoms with E-state index < -0.39 is 0 Å². The normalized spacial score (nSPS) is 12.9. The SMILES string of the molecule is CCC(O)CCNc1nc2ccc(F)cn2n1. The molecule has 0 saturated carbocycles. The number of hydrogen-bond donors (Lipinski definition) is 2. The predicted molar refractivity (Wildman–Crippen MR) is 62.3 cm³/mol. The lowest BCUT2D eigenvalue weighted by Gasteiger charge is -2.06. The number of fused-ring (bicyclic) bond motifs is 1. The molecular weight excluding hydrogens is 223 g/mol. The van der Waals surface area contributed by atoms with Crippen molar-refractivity contribution in [3.63, 3.8) is 0 Å². The van der Waals surface area contributed by atoms with Crippen molar-refractivity contribution in [1.82, 2.24) is 14.6 Å². The molecule has 2 rings (SSSR count). The van der Waals surface area contributed by atoms with Crippen LogP contribution in [0.1, 0.15) is 19.8 Å². The largest absolute Gasteiger partial charge is 0.393 e. The first-order valence-electron chi connectivity index (χ1n) is 5.63. The summed E-state index contributed by atoms with van der Waals surface area (Å²) in [6.45, 7) is 2.52. The molecule has 0 aliphatic carbocycles. The molecule has 6 heteroatoms. The molecule has 0 amide bonds. The third kappa shape index (κ3) is 2.91. The zero-order chi connectivity index (χ0) is 12.3. The summed E-state index contributed by atoms with van der Waals surface area (Å²) in [5.41, 5.74) is 0.588. The minimum atomic E-state index is -0.352. The summed E-state index contributed by atoms with van der Waals surface area (Å²) < 4.78 is 14.3. The summed E-state index contributed by atoms with van der Waals surface area (Å²) >= 11 is 0. The van der Waals surface area contributed by atoms with Crippen LogP contribution in [0.2, 0.25) is 0 Å². The fourth-order valence-corrected chi connectivity index (χ4v) is 1.49. The number of pyridine rings is 1. The molecule has 0 radical (unpaired) electrons. The van der Waals surface area contributed by atoms with Gasteiger partial charge in [0.2, 0.25) is 5.95 Å². The lowest BCUT2D eigenvalue weighted by Crippen LogP contribution is -2.12. The Morgan fingerprint density at radius 3 is 3.12 bits per heavy atom. The number of anilines is 1. The molecule has 2 heterocycles. The van der Waals surface area contributed by atoms with E-state index in [0.717, 1.165) is 6.42 Å². The Hall–Kier alpha value is -1.69. The van der Waals surface area contributed by atoms with E-state index in [1.54, 1.807) is 6.07 Å². The Morgan fingerprint density at radius 1 is 1.53 bits per heavy atom. The maximum atomic E-state index is 12.9. The van der Waals surface area contributed by atoms with Gasteiger partial charge in [0.15, 0.2) is 5.65 Å². The third-order valence-corrected chi connectivity index (χ3v) is 2.53. The van der Waals surface area contributed by atoms with Gasteiger partial charge in [0.1, 0.15) is 5.82 Å². The summed E-state index contributed by atoms with van der Waals surface area (Å²) in [5, 5.41) is 16.4. The van der Waals surface area contributed by atoms with Gasteiger partial charge in [-0.25, -0.2) is 8.91 Å². The van der Waals surface area contributed by atoms with Crippen LogP contribution in [0.25, 0.3) is 5.65 Å². The number of aliphatic hydroxyl groups excluding tert-OH is 1. The van der Waals surface area contributed by atoms with Crippen molar-refractivity contribution in [2.45, 2.75) is 25.9 Å². The van der Waals surface area contributed by atoms with Crippen LogP contribution < -0.4 is 5.32 Å². The van der Waals surface area contributed by atoms with E-state index in [9.17, 15) is 9.50 Å². The average Bonchev–Trinajstić information content (AvgIpc) is 2.70. The van der Waals surface area contributed by atoms with E-state index in [0.29, 0.717) is 24.6 Å². The Labute approximate surface area is 98.3 Å². The lowest BCUT2D eigenvalue weighted by molar-refractivity contribution is 0.164. The van der Waals surface area contributed by atoms with Crippen molar-refractivity contribution in [2.75, 3.05) is 11.9 Å². The van der Waals surface area contributed by atoms with E-state index in [1.807, 2.05) is 6.92 Å². The van der Waals surface area contributed by atoms with Gasteiger partial charge in [0.25, 0.3) is 0 Å². The lowest BCUT2D eigenvalue weighted by atomic mass is 10.2. The quantitative estimate of drug-likeness (QED) is 0.827. The van der Waals surface area contributed by atoms with Crippen LogP contribution in [0.15, 0.2) is 18.3 Å². The molecule has 5 nitrogen and oxygen atoms in total. The van der Waals surface area contributed by atoms with Crippen LogP contribution in [-0.4, -0.2) is 32.4 Å². The summed E-state index contributed by atoms with van der Waals surface area (Å²) in [4.78, 5) is 4.17. The van der Waals surface area contributed by atoms with Crippen molar-refractivity contribution in [2.24, 2.45) is 0 Å². The van der Waals surface area contributed by atoms with Crippen LogP contribution in [0.4, 0.5) is 10.3 Å². The molecule has 92 valence electrons. The number of nitrogens with one attached hydrogen (secondary N) is 1. The van der Waals surface area contributed by atoms with Gasteiger partial charge in [0.05, 0.1) is 12.3 Å². The van der Waals surface area contributed by atoms with E-state index in [2.05, 4.69) is 15.4 Å². The molecule has 2 aromatic heterocycles. The van der Waals surface area contributed by atoms with Gasteiger partial charge in [-0.1, -0.05) is 6.92 Å². The fourth-order valence-electron chi connectivity index (χ4n) is 1.49. The molecule has 0 aliphatic rings. The predicted octanol–water partition coefficient (Wildman–Crippen LogP) is 1.44. The number of hydrogen-bond acceptors (Lipinski definition) is 4. The van der Waals surface area contributed by atoms with Crippen LogP contribution in [0, 0.1) is 5.82 Å². The second-order valence-electron chi connectivity index (χ2n) is 3.86. The second-order valence-corrected chi connectivity index (χ2v) is 3.86. The maximum Gasteiger partial charge on any atom is 0.243 e. The average molecular weight is 238 g/mol. The van der Waals surface area contributed by atoms with E-state index in [4.69, 9.17) is 0 Å². The molecule has 1 atom stereocenters. The smallest absolute Gasteiger partial charge is 0.243 e. The van der Waals surface area contributed by atoms with Gasteiger partial charge in [-0.3, -0.25) is 0 Å². The molecule has 17 heavy (non-hydrogen) atoms. The Kier molecular flexibility index (Phi) is 3.53. The van der Waals surface area contributed by atoms with E-state index in [-0.39, 0.29) is 11.9 Å². The molecule has 0 aromatic carbocycles. The Bertz CT molecular complexity index is 499. The summed E-state index contributed by atoms with van der Waals surface area (Å²) in [6.07, 6.45) is 2.33. The molecule has 0 spiro atoms. The van der Waals surface area contributed by atoms with Crippen LogP contribution in [0.5, 0.6) is 0 Å². The van der Waals surface area contributed by atoms with Crippen LogP contribution in [-0.2, 0) is 0 Å². The van der Waals surface area contributed by atoms with Crippen molar-refractivity contribution in [1.29, 1.82) is 0 Å². The van der Waals surface area contributed by atoms with Gasteiger partial charge < -0.3 is 10.4 Å². The fraction of sp³-hybridized carbons (Fsp3) is 0.455. The number of rotatable bonds is 5. The molecule has 0 bridgehead atoms. The summed E-state index contributed by atoms with van der Waals surface area (Å²) in [6, 6.07) is 2.91. The second kappa shape index (κ2) is 5.09. The van der Waals surface area contributed by atoms with Crippen molar-refractivity contribution in [3.8, 4) is 0 Å². The van der Waals surface area contributed by atoms with Crippen molar-refractivity contribution in [3.05, 3.63) is 24.1 Å².